The summed E-state index contributed by atoms with van der Waals surface area (Å²) in [6.07, 6.45) is 2.55. The van der Waals surface area contributed by atoms with Crippen LogP contribution in [0.4, 0.5) is 0 Å². The third-order valence-electron chi connectivity index (χ3n) is 3.04. The first-order valence-electron chi connectivity index (χ1n) is 6.71. The number of benzene rings is 1. The van der Waals surface area contributed by atoms with Crippen molar-refractivity contribution in [3.63, 3.8) is 0 Å². The SMILES string of the molecule is CN=C(NCCc1cccc(Cl)c1)NCc1nncn1C. The van der Waals surface area contributed by atoms with Crippen LogP contribution >= 0.6 is 11.6 Å². The van der Waals surface area contributed by atoms with Crippen LogP contribution in [0.3, 0.4) is 0 Å². The van der Waals surface area contributed by atoms with E-state index in [-0.39, 0.29) is 0 Å². The van der Waals surface area contributed by atoms with Gasteiger partial charge in [0.1, 0.15) is 6.33 Å². The number of aliphatic imine (C=N–C) groups is 1. The molecule has 0 aliphatic carbocycles. The Morgan fingerprint density at radius 2 is 2.24 bits per heavy atom. The van der Waals surface area contributed by atoms with E-state index in [4.69, 9.17) is 11.6 Å². The third-order valence-corrected chi connectivity index (χ3v) is 3.27. The zero-order valence-electron chi connectivity index (χ0n) is 12.2. The zero-order valence-corrected chi connectivity index (χ0v) is 12.9. The van der Waals surface area contributed by atoms with E-state index in [0.29, 0.717) is 6.54 Å². The minimum Gasteiger partial charge on any atom is -0.356 e. The highest BCUT2D eigenvalue weighted by Gasteiger charge is 2.02. The summed E-state index contributed by atoms with van der Waals surface area (Å²) in [7, 11) is 3.65. The third kappa shape index (κ3) is 4.75. The fraction of sp³-hybridized carbons (Fsp3) is 0.357. The smallest absolute Gasteiger partial charge is 0.191 e. The fourth-order valence-electron chi connectivity index (χ4n) is 1.87. The van der Waals surface area contributed by atoms with E-state index in [9.17, 15) is 0 Å². The van der Waals surface area contributed by atoms with Gasteiger partial charge in [-0.05, 0) is 24.1 Å². The number of hydrogen-bond acceptors (Lipinski definition) is 3. The van der Waals surface area contributed by atoms with E-state index in [1.165, 1.54) is 5.56 Å². The Balaban J connectivity index is 1.77. The Bertz CT molecular complexity index is 607. The molecule has 2 aromatic rings. The Morgan fingerprint density at radius 3 is 2.90 bits per heavy atom. The highest BCUT2D eigenvalue weighted by Crippen LogP contribution is 2.10. The molecule has 0 spiro atoms. The van der Waals surface area contributed by atoms with Crippen LogP contribution in [-0.4, -0.2) is 34.3 Å². The molecule has 1 aromatic heterocycles. The molecule has 1 aromatic carbocycles. The number of nitrogens with one attached hydrogen (secondary N) is 2. The van der Waals surface area contributed by atoms with Crippen molar-refractivity contribution in [3.8, 4) is 0 Å². The minimum atomic E-state index is 0.577. The van der Waals surface area contributed by atoms with E-state index >= 15 is 0 Å². The van der Waals surface area contributed by atoms with Crippen molar-refractivity contribution in [2.45, 2.75) is 13.0 Å². The van der Waals surface area contributed by atoms with Crippen LogP contribution in [0.2, 0.25) is 5.02 Å². The van der Waals surface area contributed by atoms with Crippen molar-refractivity contribution in [1.82, 2.24) is 25.4 Å². The van der Waals surface area contributed by atoms with Gasteiger partial charge in [0.05, 0.1) is 6.54 Å². The van der Waals surface area contributed by atoms with Crippen molar-refractivity contribution in [2.24, 2.45) is 12.0 Å². The molecule has 0 radical (unpaired) electrons. The number of nitrogens with zero attached hydrogens (tertiary/aromatic N) is 4. The molecule has 0 aliphatic rings. The Hall–Kier alpha value is -2.08. The summed E-state index contributed by atoms with van der Waals surface area (Å²) in [6.45, 7) is 1.35. The van der Waals surface area contributed by atoms with Crippen molar-refractivity contribution in [1.29, 1.82) is 0 Å². The van der Waals surface area contributed by atoms with Gasteiger partial charge in [-0.2, -0.15) is 0 Å². The average molecular weight is 307 g/mol. The maximum absolute atomic E-state index is 5.96. The van der Waals surface area contributed by atoms with E-state index in [1.54, 1.807) is 13.4 Å². The van der Waals surface area contributed by atoms with E-state index in [1.807, 2.05) is 29.8 Å². The Labute approximate surface area is 129 Å². The summed E-state index contributed by atoms with van der Waals surface area (Å²) < 4.78 is 1.87. The molecule has 0 fully saturated rings. The lowest BCUT2D eigenvalue weighted by atomic mass is 10.1. The normalized spacial score (nSPS) is 11.5. The molecule has 112 valence electrons. The molecule has 0 bridgehead atoms. The number of aromatic nitrogens is 3. The molecule has 6 nitrogen and oxygen atoms in total. The highest BCUT2D eigenvalue weighted by molar-refractivity contribution is 6.30. The number of halogens is 1. The molecule has 0 atom stereocenters. The van der Waals surface area contributed by atoms with Crippen LogP contribution in [0, 0.1) is 0 Å². The van der Waals surface area contributed by atoms with Crippen LogP contribution < -0.4 is 10.6 Å². The lowest BCUT2D eigenvalue weighted by Crippen LogP contribution is -2.38. The number of rotatable bonds is 5. The van der Waals surface area contributed by atoms with Gasteiger partial charge >= 0.3 is 0 Å². The molecule has 2 N–H and O–H groups in total. The predicted molar refractivity (Wildman–Crippen MR) is 84.4 cm³/mol. The van der Waals surface area contributed by atoms with Crippen molar-refractivity contribution < 1.29 is 0 Å². The molecule has 7 heteroatoms. The van der Waals surface area contributed by atoms with Crippen LogP contribution in [0.15, 0.2) is 35.6 Å². The molecule has 0 aliphatic heterocycles. The van der Waals surface area contributed by atoms with Gasteiger partial charge in [-0.25, -0.2) is 0 Å². The average Bonchev–Trinajstić information content (AvgIpc) is 2.88. The number of aryl methyl sites for hydroxylation is 1. The predicted octanol–water partition coefficient (Wildman–Crippen LogP) is 1.38. The van der Waals surface area contributed by atoms with Gasteiger partial charge in [-0.3, -0.25) is 4.99 Å². The quantitative estimate of drug-likeness (QED) is 0.647. The Morgan fingerprint density at radius 1 is 1.38 bits per heavy atom. The van der Waals surface area contributed by atoms with Crippen LogP contribution in [0.5, 0.6) is 0 Å². The largest absolute Gasteiger partial charge is 0.356 e. The molecular formula is C14H19ClN6. The van der Waals surface area contributed by atoms with Gasteiger partial charge in [0.15, 0.2) is 11.8 Å². The lowest BCUT2D eigenvalue weighted by molar-refractivity contribution is 0.723. The van der Waals surface area contributed by atoms with Crippen molar-refractivity contribution in [3.05, 3.63) is 47.0 Å². The maximum atomic E-state index is 5.96. The maximum Gasteiger partial charge on any atom is 0.191 e. The van der Waals surface area contributed by atoms with Gasteiger partial charge in [-0.15, -0.1) is 10.2 Å². The summed E-state index contributed by atoms with van der Waals surface area (Å²) in [5.74, 6) is 1.59. The van der Waals surface area contributed by atoms with Crippen LogP contribution in [0.25, 0.3) is 0 Å². The van der Waals surface area contributed by atoms with Crippen LogP contribution in [-0.2, 0) is 20.0 Å². The van der Waals surface area contributed by atoms with Gasteiger partial charge in [0.2, 0.25) is 0 Å². The standard InChI is InChI=1S/C14H19ClN6/c1-16-14(18-9-13-20-19-10-21(13)2)17-7-6-11-4-3-5-12(15)8-11/h3-5,8,10H,6-7,9H2,1-2H3,(H2,16,17,18). The minimum absolute atomic E-state index is 0.577. The molecule has 21 heavy (non-hydrogen) atoms. The molecule has 0 amide bonds. The zero-order chi connectivity index (χ0) is 15.1. The second-order valence-corrected chi connectivity index (χ2v) is 5.03. The van der Waals surface area contributed by atoms with Crippen molar-refractivity contribution in [2.75, 3.05) is 13.6 Å². The second kappa shape index (κ2) is 7.64. The van der Waals surface area contributed by atoms with Crippen LogP contribution in [0.1, 0.15) is 11.4 Å². The van der Waals surface area contributed by atoms with Crippen molar-refractivity contribution >= 4 is 17.6 Å². The molecule has 0 saturated heterocycles. The van der Waals surface area contributed by atoms with Gasteiger partial charge in [0.25, 0.3) is 0 Å². The van der Waals surface area contributed by atoms with E-state index in [0.717, 1.165) is 29.8 Å². The summed E-state index contributed by atoms with van der Waals surface area (Å²) in [4.78, 5) is 4.18. The summed E-state index contributed by atoms with van der Waals surface area (Å²) >= 11 is 5.96. The Kier molecular flexibility index (Phi) is 5.57. The fourth-order valence-corrected chi connectivity index (χ4v) is 2.08. The van der Waals surface area contributed by atoms with E-state index < -0.39 is 0 Å². The highest BCUT2D eigenvalue weighted by atomic mass is 35.5. The monoisotopic (exact) mass is 306 g/mol. The number of hydrogen-bond donors (Lipinski definition) is 2. The molecule has 1 heterocycles. The first-order chi connectivity index (χ1) is 10.2. The van der Waals surface area contributed by atoms with Gasteiger partial charge in [0, 0.05) is 25.7 Å². The molecule has 2 rings (SSSR count). The topological polar surface area (TPSA) is 67.1 Å². The van der Waals surface area contributed by atoms with Gasteiger partial charge < -0.3 is 15.2 Å². The summed E-state index contributed by atoms with van der Waals surface area (Å²) in [6, 6.07) is 7.86. The van der Waals surface area contributed by atoms with Gasteiger partial charge in [-0.1, -0.05) is 23.7 Å². The lowest BCUT2D eigenvalue weighted by Gasteiger charge is -2.11. The molecular weight excluding hydrogens is 288 g/mol. The van der Waals surface area contributed by atoms with E-state index in [2.05, 4.69) is 31.9 Å². The second-order valence-electron chi connectivity index (χ2n) is 4.59. The first kappa shape index (κ1) is 15.3. The summed E-state index contributed by atoms with van der Waals surface area (Å²) in [5.41, 5.74) is 1.19. The molecule has 0 saturated carbocycles. The molecule has 0 unspecified atom stereocenters. The first-order valence-corrected chi connectivity index (χ1v) is 7.08. The summed E-state index contributed by atoms with van der Waals surface area (Å²) in [5, 5.41) is 15.1. The number of guanidine groups is 1.